The van der Waals surface area contributed by atoms with Crippen molar-refractivity contribution in [1.82, 2.24) is 10.2 Å². The second-order valence-corrected chi connectivity index (χ2v) is 5.08. The minimum absolute atomic E-state index is 0.0441. The van der Waals surface area contributed by atoms with Gasteiger partial charge in [0.05, 0.1) is 17.9 Å². The summed E-state index contributed by atoms with van der Waals surface area (Å²) >= 11 is 5.88. The molecule has 1 aromatic heterocycles. The molecule has 0 atom stereocenters. The summed E-state index contributed by atoms with van der Waals surface area (Å²) in [6, 6.07) is 6.79. The van der Waals surface area contributed by atoms with Crippen LogP contribution >= 0.6 is 11.6 Å². The summed E-state index contributed by atoms with van der Waals surface area (Å²) in [6.45, 7) is 2.09. The minimum atomic E-state index is -0.953. The largest absolute Gasteiger partial charge is 0.491 e. The standard InChI is InChI=1S/C13H11BClN3O3/c1-7-4-10(12(15)18-17-7)13(19)16-9-3-2-8-6-21-14(20)11(8)5-9/h2-5,20H,6H2,1H3,(H,16,19). The minimum Gasteiger partial charge on any atom is -0.423 e. The first-order valence-electron chi connectivity index (χ1n) is 6.28. The van der Waals surface area contributed by atoms with E-state index in [1.807, 2.05) is 0 Å². The normalized spacial score (nSPS) is 13.2. The van der Waals surface area contributed by atoms with Crippen LogP contribution < -0.4 is 10.8 Å². The van der Waals surface area contributed by atoms with Gasteiger partial charge in [-0.2, -0.15) is 5.10 Å². The molecule has 0 aliphatic carbocycles. The summed E-state index contributed by atoms with van der Waals surface area (Å²) in [5.74, 6) is -0.383. The number of carbonyl (C=O) groups is 1. The molecule has 2 aromatic rings. The monoisotopic (exact) mass is 303 g/mol. The topological polar surface area (TPSA) is 84.3 Å². The third-order valence-electron chi connectivity index (χ3n) is 3.18. The average Bonchev–Trinajstić information content (AvgIpc) is 2.83. The zero-order valence-corrected chi connectivity index (χ0v) is 11.9. The Kier molecular flexibility index (Phi) is 3.63. The summed E-state index contributed by atoms with van der Waals surface area (Å²) < 4.78 is 5.11. The molecule has 0 radical (unpaired) electrons. The molecule has 3 rings (SSSR count). The Balaban J connectivity index is 1.85. The Hall–Kier alpha value is -1.96. The second kappa shape index (κ2) is 5.44. The molecule has 0 saturated carbocycles. The van der Waals surface area contributed by atoms with Gasteiger partial charge in [-0.15, -0.1) is 5.10 Å². The van der Waals surface area contributed by atoms with Crippen molar-refractivity contribution in [1.29, 1.82) is 0 Å². The van der Waals surface area contributed by atoms with Crippen LogP contribution in [0.25, 0.3) is 0 Å². The number of hydrogen-bond acceptors (Lipinski definition) is 5. The van der Waals surface area contributed by atoms with E-state index in [0.29, 0.717) is 23.5 Å². The highest BCUT2D eigenvalue weighted by Gasteiger charge is 2.27. The van der Waals surface area contributed by atoms with E-state index >= 15 is 0 Å². The summed E-state index contributed by atoms with van der Waals surface area (Å²) in [4.78, 5) is 12.2. The Morgan fingerprint density at radius 2 is 2.24 bits per heavy atom. The van der Waals surface area contributed by atoms with Crippen molar-refractivity contribution in [2.75, 3.05) is 5.32 Å². The molecule has 0 bridgehead atoms. The molecule has 106 valence electrons. The fourth-order valence-corrected chi connectivity index (χ4v) is 2.30. The smallest absolute Gasteiger partial charge is 0.423 e. The van der Waals surface area contributed by atoms with Gasteiger partial charge in [0.2, 0.25) is 0 Å². The van der Waals surface area contributed by atoms with E-state index in [1.165, 1.54) is 0 Å². The zero-order chi connectivity index (χ0) is 15.0. The maximum atomic E-state index is 12.2. The summed E-state index contributed by atoms with van der Waals surface area (Å²) in [5.41, 5.74) is 2.96. The number of carbonyl (C=O) groups excluding carboxylic acids is 1. The van der Waals surface area contributed by atoms with Crippen molar-refractivity contribution >= 4 is 35.8 Å². The van der Waals surface area contributed by atoms with Gasteiger partial charge in [0, 0.05) is 5.69 Å². The number of halogens is 1. The molecule has 0 fully saturated rings. The van der Waals surface area contributed by atoms with Gasteiger partial charge in [0.25, 0.3) is 5.91 Å². The lowest BCUT2D eigenvalue weighted by atomic mass is 9.79. The van der Waals surface area contributed by atoms with Crippen LogP contribution in [0.4, 0.5) is 5.69 Å². The first-order chi connectivity index (χ1) is 10.0. The number of aryl methyl sites for hydroxylation is 1. The lowest BCUT2D eigenvalue weighted by Gasteiger charge is -2.08. The van der Waals surface area contributed by atoms with E-state index in [9.17, 15) is 9.82 Å². The molecular weight excluding hydrogens is 292 g/mol. The van der Waals surface area contributed by atoms with Gasteiger partial charge in [-0.05, 0) is 36.1 Å². The molecule has 8 heteroatoms. The molecule has 6 nitrogen and oxygen atoms in total. The van der Waals surface area contributed by atoms with Gasteiger partial charge < -0.3 is 15.0 Å². The van der Waals surface area contributed by atoms with Crippen molar-refractivity contribution in [3.05, 3.63) is 46.2 Å². The van der Waals surface area contributed by atoms with Gasteiger partial charge in [-0.1, -0.05) is 17.7 Å². The number of nitrogens with one attached hydrogen (secondary N) is 1. The molecule has 1 amide bonds. The number of nitrogens with zero attached hydrogens (tertiary/aromatic N) is 2. The second-order valence-electron chi connectivity index (χ2n) is 4.72. The van der Waals surface area contributed by atoms with Crippen molar-refractivity contribution in [2.24, 2.45) is 0 Å². The summed E-state index contributed by atoms with van der Waals surface area (Å²) in [6.07, 6.45) is 0. The van der Waals surface area contributed by atoms with Crippen LogP contribution in [-0.2, 0) is 11.3 Å². The summed E-state index contributed by atoms with van der Waals surface area (Å²) in [7, 11) is -0.953. The zero-order valence-electron chi connectivity index (χ0n) is 11.1. The Morgan fingerprint density at radius 3 is 3.05 bits per heavy atom. The van der Waals surface area contributed by atoms with Crippen LogP contribution in [0.3, 0.4) is 0 Å². The maximum absolute atomic E-state index is 12.2. The number of amides is 1. The van der Waals surface area contributed by atoms with Crippen LogP contribution in [0.15, 0.2) is 24.3 Å². The van der Waals surface area contributed by atoms with E-state index in [-0.39, 0.29) is 16.6 Å². The van der Waals surface area contributed by atoms with Crippen LogP contribution in [0.5, 0.6) is 0 Å². The highest BCUT2D eigenvalue weighted by atomic mass is 35.5. The number of rotatable bonds is 2. The molecule has 21 heavy (non-hydrogen) atoms. The highest BCUT2D eigenvalue weighted by molar-refractivity contribution is 6.61. The molecule has 2 heterocycles. The first kappa shape index (κ1) is 14.0. The lowest BCUT2D eigenvalue weighted by Crippen LogP contribution is -2.28. The van der Waals surface area contributed by atoms with Gasteiger partial charge in [0.1, 0.15) is 0 Å². The van der Waals surface area contributed by atoms with Crippen LogP contribution in [0.2, 0.25) is 5.15 Å². The number of hydrogen-bond donors (Lipinski definition) is 2. The van der Waals surface area contributed by atoms with E-state index in [1.54, 1.807) is 31.2 Å². The molecule has 0 spiro atoms. The molecular formula is C13H11BClN3O3. The Bertz CT molecular complexity index is 726. The van der Waals surface area contributed by atoms with Gasteiger partial charge in [-0.25, -0.2) is 0 Å². The van der Waals surface area contributed by atoms with Crippen LogP contribution in [0.1, 0.15) is 21.6 Å². The maximum Gasteiger partial charge on any atom is 0.491 e. The molecule has 1 aliphatic rings. The molecule has 0 saturated heterocycles. The van der Waals surface area contributed by atoms with Crippen molar-refractivity contribution in [3.8, 4) is 0 Å². The van der Waals surface area contributed by atoms with Crippen LogP contribution in [0, 0.1) is 6.92 Å². The van der Waals surface area contributed by atoms with Gasteiger partial charge in [0.15, 0.2) is 5.15 Å². The molecule has 0 unspecified atom stereocenters. The molecule has 1 aliphatic heterocycles. The third kappa shape index (κ3) is 2.76. The van der Waals surface area contributed by atoms with Gasteiger partial charge in [-0.3, -0.25) is 4.79 Å². The SMILES string of the molecule is Cc1cc(C(=O)Nc2ccc3c(c2)B(O)OC3)c(Cl)nn1. The van der Waals surface area contributed by atoms with E-state index in [0.717, 1.165) is 5.56 Å². The average molecular weight is 304 g/mol. The van der Waals surface area contributed by atoms with Gasteiger partial charge >= 0.3 is 7.12 Å². The molecule has 2 N–H and O–H groups in total. The first-order valence-corrected chi connectivity index (χ1v) is 6.66. The summed E-state index contributed by atoms with van der Waals surface area (Å²) in [5, 5.41) is 19.9. The fourth-order valence-electron chi connectivity index (χ4n) is 2.12. The quantitative estimate of drug-likeness (QED) is 0.806. The predicted molar refractivity (Wildman–Crippen MR) is 78.6 cm³/mol. The van der Waals surface area contributed by atoms with E-state index in [4.69, 9.17) is 16.3 Å². The fraction of sp³-hybridized carbons (Fsp3) is 0.154. The Morgan fingerprint density at radius 1 is 1.43 bits per heavy atom. The van der Waals surface area contributed by atoms with Crippen molar-refractivity contribution in [2.45, 2.75) is 13.5 Å². The molecule has 1 aromatic carbocycles. The van der Waals surface area contributed by atoms with E-state index < -0.39 is 7.12 Å². The number of anilines is 1. The van der Waals surface area contributed by atoms with Crippen molar-refractivity contribution in [3.63, 3.8) is 0 Å². The highest BCUT2D eigenvalue weighted by Crippen LogP contribution is 2.17. The number of fused-ring (bicyclic) bond motifs is 1. The van der Waals surface area contributed by atoms with E-state index in [2.05, 4.69) is 15.5 Å². The predicted octanol–water partition coefficient (Wildman–Crippen LogP) is 0.908. The lowest BCUT2D eigenvalue weighted by molar-refractivity contribution is 0.102. The third-order valence-corrected chi connectivity index (χ3v) is 3.46. The van der Waals surface area contributed by atoms with Crippen molar-refractivity contribution < 1.29 is 14.5 Å². The van der Waals surface area contributed by atoms with Crippen LogP contribution in [-0.4, -0.2) is 28.2 Å². The number of aromatic nitrogens is 2. The number of benzene rings is 1. The Labute approximate surface area is 126 Å².